The van der Waals surface area contributed by atoms with Crippen LogP contribution in [0, 0.1) is 17.3 Å². The Bertz CT molecular complexity index is 1060. The molecule has 1 aliphatic heterocycles. The minimum atomic E-state index is -0.247. The second-order valence-electron chi connectivity index (χ2n) is 7.53. The van der Waals surface area contributed by atoms with Gasteiger partial charge < -0.3 is 16.0 Å². The highest BCUT2D eigenvalue weighted by Crippen LogP contribution is 2.23. The van der Waals surface area contributed by atoms with Crippen molar-refractivity contribution < 1.29 is 9.18 Å². The van der Waals surface area contributed by atoms with Gasteiger partial charge >= 0.3 is 0 Å². The third kappa shape index (κ3) is 6.30. The molecule has 0 radical (unpaired) electrons. The molecule has 0 aliphatic carbocycles. The molecule has 0 saturated carbocycles. The number of rotatable bonds is 5. The lowest BCUT2D eigenvalue weighted by Crippen LogP contribution is -2.53. The van der Waals surface area contributed by atoms with E-state index in [4.69, 9.17) is 22.6 Å². The highest BCUT2D eigenvalue weighted by atomic mass is 35.5. The van der Waals surface area contributed by atoms with Gasteiger partial charge in [-0.2, -0.15) is 5.26 Å². The van der Waals surface area contributed by atoms with E-state index in [1.165, 1.54) is 18.2 Å². The number of anilines is 1. The molecular formula is C23H24ClFN6O. The monoisotopic (exact) mass is 454 g/mol. The van der Waals surface area contributed by atoms with Crippen LogP contribution in [-0.4, -0.2) is 47.3 Å². The number of nitriles is 1. The van der Waals surface area contributed by atoms with Crippen LogP contribution in [0.3, 0.4) is 0 Å². The fourth-order valence-electron chi connectivity index (χ4n) is 3.61. The molecule has 0 unspecified atom stereocenters. The minimum absolute atomic E-state index is 0.0302. The first-order valence-electron chi connectivity index (χ1n) is 10.1. The number of hydrogen-bond acceptors (Lipinski definition) is 4. The summed E-state index contributed by atoms with van der Waals surface area (Å²) < 4.78 is 13.1. The summed E-state index contributed by atoms with van der Waals surface area (Å²) in [6.07, 6.45) is 4.80. The highest BCUT2D eigenvalue weighted by molar-refractivity contribution is 6.31. The number of carbonyl (C=O) groups is 1. The molecule has 1 heterocycles. The molecule has 1 amide bonds. The molecule has 3 N–H and O–H groups in total. The second-order valence-corrected chi connectivity index (χ2v) is 7.97. The number of guanidine groups is 1. The maximum absolute atomic E-state index is 13.1. The van der Waals surface area contributed by atoms with Crippen molar-refractivity contribution in [2.45, 2.75) is 19.5 Å². The van der Waals surface area contributed by atoms with Crippen LogP contribution in [0.5, 0.6) is 0 Å². The van der Waals surface area contributed by atoms with E-state index in [1.54, 1.807) is 42.6 Å². The maximum atomic E-state index is 13.1. The standard InChI is InChI=1S/C23H24ClFN6O/c1-16-13-30(14-17-2-7-20(25)8-3-17)10-11-31(16)22(32)9-5-18-4-6-19(24)12-21(18)29-23(27)28-15-26/h2-9,12,16H,10-11,13-14H2,1H3,(H3,27,28,29)/b9-5+/t16-/m1/s1. The zero-order chi connectivity index (χ0) is 23.1. The summed E-state index contributed by atoms with van der Waals surface area (Å²) in [6.45, 7) is 4.78. The number of nitrogens with one attached hydrogen (secondary N) is 1. The summed E-state index contributed by atoms with van der Waals surface area (Å²) in [6, 6.07) is 11.6. The zero-order valence-electron chi connectivity index (χ0n) is 17.6. The molecule has 0 spiro atoms. The number of halogens is 2. The van der Waals surface area contributed by atoms with E-state index in [-0.39, 0.29) is 23.7 Å². The predicted octanol–water partition coefficient (Wildman–Crippen LogP) is 3.43. The number of nitrogens with zero attached hydrogens (tertiary/aromatic N) is 4. The summed E-state index contributed by atoms with van der Waals surface area (Å²) in [5.41, 5.74) is 7.91. The van der Waals surface area contributed by atoms with Crippen LogP contribution in [0.1, 0.15) is 18.1 Å². The number of benzene rings is 2. The number of carbonyl (C=O) groups excluding carboxylic acids is 1. The van der Waals surface area contributed by atoms with E-state index in [9.17, 15) is 9.18 Å². The minimum Gasteiger partial charge on any atom is -0.369 e. The van der Waals surface area contributed by atoms with E-state index in [0.29, 0.717) is 29.4 Å². The van der Waals surface area contributed by atoms with E-state index >= 15 is 0 Å². The van der Waals surface area contributed by atoms with Crippen LogP contribution in [0.4, 0.5) is 10.1 Å². The largest absolute Gasteiger partial charge is 0.369 e. The second kappa shape index (κ2) is 10.8. The number of nitrogens with two attached hydrogens (primary N) is 1. The lowest BCUT2D eigenvalue weighted by molar-refractivity contribution is -0.130. The topological polar surface area (TPSA) is 97.8 Å². The summed E-state index contributed by atoms with van der Waals surface area (Å²) >= 11 is 6.05. The first-order chi connectivity index (χ1) is 15.4. The van der Waals surface area contributed by atoms with Gasteiger partial charge in [0.15, 0.2) is 0 Å². The van der Waals surface area contributed by atoms with Gasteiger partial charge in [0.25, 0.3) is 0 Å². The average Bonchev–Trinajstić information content (AvgIpc) is 2.75. The van der Waals surface area contributed by atoms with Gasteiger partial charge in [-0.15, -0.1) is 4.99 Å². The Balaban J connectivity index is 1.63. The van der Waals surface area contributed by atoms with Crippen LogP contribution < -0.4 is 11.1 Å². The zero-order valence-corrected chi connectivity index (χ0v) is 18.4. The Labute approximate surface area is 191 Å². The van der Waals surface area contributed by atoms with Crippen molar-refractivity contribution in [3.8, 4) is 6.19 Å². The molecule has 1 saturated heterocycles. The molecule has 166 valence electrons. The van der Waals surface area contributed by atoms with Gasteiger partial charge in [0.2, 0.25) is 18.1 Å². The highest BCUT2D eigenvalue weighted by Gasteiger charge is 2.26. The third-order valence-electron chi connectivity index (χ3n) is 5.17. The fraction of sp³-hybridized carbons (Fsp3) is 0.261. The van der Waals surface area contributed by atoms with Gasteiger partial charge in [-0.1, -0.05) is 29.8 Å². The Morgan fingerprint density at radius 1 is 1.34 bits per heavy atom. The molecule has 32 heavy (non-hydrogen) atoms. The fourth-order valence-corrected chi connectivity index (χ4v) is 3.78. The Kier molecular flexibility index (Phi) is 7.82. The molecule has 0 bridgehead atoms. The molecular weight excluding hydrogens is 431 g/mol. The Morgan fingerprint density at radius 2 is 2.09 bits per heavy atom. The third-order valence-corrected chi connectivity index (χ3v) is 5.40. The maximum Gasteiger partial charge on any atom is 0.246 e. The van der Waals surface area contributed by atoms with Crippen molar-refractivity contribution in [1.29, 1.82) is 5.26 Å². The van der Waals surface area contributed by atoms with Gasteiger partial charge in [-0.3, -0.25) is 9.69 Å². The molecule has 3 rings (SSSR count). The van der Waals surface area contributed by atoms with E-state index in [1.807, 2.05) is 11.8 Å². The van der Waals surface area contributed by atoms with Crippen molar-refractivity contribution in [2.75, 3.05) is 25.0 Å². The number of amides is 1. The molecule has 7 nitrogen and oxygen atoms in total. The lowest BCUT2D eigenvalue weighted by Gasteiger charge is -2.39. The molecule has 9 heteroatoms. The lowest BCUT2D eigenvalue weighted by atomic mass is 10.1. The first-order valence-corrected chi connectivity index (χ1v) is 10.5. The van der Waals surface area contributed by atoms with Gasteiger partial charge in [0.1, 0.15) is 5.82 Å². The van der Waals surface area contributed by atoms with Gasteiger partial charge in [0.05, 0.1) is 0 Å². The van der Waals surface area contributed by atoms with Crippen LogP contribution in [0.25, 0.3) is 6.08 Å². The van der Waals surface area contributed by atoms with Gasteiger partial charge in [0, 0.05) is 49.0 Å². The van der Waals surface area contributed by atoms with Crippen LogP contribution in [0.2, 0.25) is 5.02 Å². The van der Waals surface area contributed by atoms with Crippen molar-refractivity contribution in [3.05, 3.63) is 70.5 Å². The SMILES string of the molecule is C[C@@H]1CN(Cc2ccc(F)cc2)CCN1C(=O)/C=C/c1ccc(Cl)cc1N/C(N)=N\C#N. The quantitative estimate of drug-likeness (QED) is 0.312. The van der Waals surface area contributed by atoms with E-state index < -0.39 is 0 Å². The Morgan fingerprint density at radius 3 is 2.78 bits per heavy atom. The van der Waals surface area contributed by atoms with Crippen molar-refractivity contribution in [1.82, 2.24) is 9.80 Å². The first kappa shape index (κ1) is 23.3. The average molecular weight is 455 g/mol. The normalized spacial score (nSPS) is 17.4. The number of hydrogen-bond donors (Lipinski definition) is 2. The summed E-state index contributed by atoms with van der Waals surface area (Å²) in [4.78, 5) is 20.3. The van der Waals surface area contributed by atoms with Crippen LogP contribution in [-0.2, 0) is 11.3 Å². The van der Waals surface area contributed by atoms with E-state index in [2.05, 4.69) is 15.2 Å². The van der Waals surface area contributed by atoms with Crippen molar-refractivity contribution in [2.24, 2.45) is 10.7 Å². The molecule has 1 atom stereocenters. The molecule has 1 aliphatic rings. The smallest absolute Gasteiger partial charge is 0.246 e. The van der Waals surface area contributed by atoms with Crippen molar-refractivity contribution in [3.63, 3.8) is 0 Å². The molecule has 2 aromatic rings. The predicted molar refractivity (Wildman–Crippen MR) is 124 cm³/mol. The molecule has 0 aromatic heterocycles. The summed E-state index contributed by atoms with van der Waals surface area (Å²) in [7, 11) is 0. The van der Waals surface area contributed by atoms with Crippen LogP contribution >= 0.6 is 11.6 Å². The molecule has 1 fully saturated rings. The summed E-state index contributed by atoms with van der Waals surface area (Å²) in [5, 5.41) is 11.9. The van der Waals surface area contributed by atoms with Gasteiger partial charge in [-0.05, 0) is 48.4 Å². The number of aliphatic imine (C=N–C) groups is 1. The van der Waals surface area contributed by atoms with Crippen molar-refractivity contribution >= 4 is 35.2 Å². The molecule has 2 aromatic carbocycles. The van der Waals surface area contributed by atoms with E-state index in [0.717, 1.165) is 18.7 Å². The van der Waals surface area contributed by atoms with Crippen LogP contribution in [0.15, 0.2) is 53.5 Å². The number of piperazine rings is 1. The summed E-state index contributed by atoms with van der Waals surface area (Å²) in [5.74, 6) is -0.413. The van der Waals surface area contributed by atoms with Gasteiger partial charge in [-0.25, -0.2) is 4.39 Å². The Hall–Kier alpha value is -3.41.